The molecule has 0 N–H and O–H groups in total. The Balaban J connectivity index is 1.44. The fourth-order valence-corrected chi connectivity index (χ4v) is 3.65. The van der Waals surface area contributed by atoms with Crippen LogP contribution in [-0.2, 0) is 20.8 Å². The van der Waals surface area contributed by atoms with E-state index in [2.05, 4.69) is 5.10 Å². The molecule has 1 amide bonds. The van der Waals surface area contributed by atoms with Gasteiger partial charge in [0.2, 0.25) is 5.91 Å². The van der Waals surface area contributed by atoms with Crippen LogP contribution in [-0.4, -0.2) is 58.6 Å². The van der Waals surface area contributed by atoms with Crippen LogP contribution in [0.5, 0.6) is 0 Å². The monoisotopic (exact) mass is 333 g/mol. The van der Waals surface area contributed by atoms with Crippen molar-refractivity contribution >= 4 is 5.91 Å². The van der Waals surface area contributed by atoms with Crippen LogP contribution in [0.4, 0.5) is 0 Å². The number of ether oxygens (including phenoxy) is 2. The van der Waals surface area contributed by atoms with Crippen LogP contribution in [0.1, 0.15) is 25.7 Å². The molecule has 0 unspecified atom stereocenters. The molecule has 24 heavy (non-hydrogen) atoms. The van der Waals surface area contributed by atoms with E-state index in [1.807, 2.05) is 4.90 Å². The number of carbonyl (C=O) groups excluding carboxylic acids is 1. The van der Waals surface area contributed by atoms with Crippen molar-refractivity contribution in [2.75, 3.05) is 26.3 Å². The fraction of sp³-hybridized carbons (Fsp3) is 0.706. The van der Waals surface area contributed by atoms with Crippen LogP contribution >= 0.6 is 0 Å². The minimum Gasteiger partial charge on any atom is -0.377 e. The first-order valence-corrected chi connectivity index (χ1v) is 8.72. The summed E-state index contributed by atoms with van der Waals surface area (Å²) in [4.78, 5) is 26.2. The quantitative estimate of drug-likeness (QED) is 0.802. The molecule has 0 bridgehead atoms. The summed E-state index contributed by atoms with van der Waals surface area (Å²) in [6.07, 6.45) is 5.24. The maximum Gasteiger partial charge on any atom is 0.266 e. The highest BCUT2D eigenvalue weighted by molar-refractivity contribution is 5.81. The molecule has 1 spiro atoms. The molecule has 3 aliphatic rings. The fourth-order valence-electron chi connectivity index (χ4n) is 3.65. The molecule has 2 saturated heterocycles. The maximum atomic E-state index is 12.4. The maximum absolute atomic E-state index is 12.4. The van der Waals surface area contributed by atoms with Crippen LogP contribution in [0.25, 0.3) is 0 Å². The van der Waals surface area contributed by atoms with Gasteiger partial charge in [-0.25, -0.2) is 4.68 Å². The summed E-state index contributed by atoms with van der Waals surface area (Å²) in [6.45, 7) is 2.75. The van der Waals surface area contributed by atoms with E-state index in [9.17, 15) is 9.59 Å². The lowest BCUT2D eigenvalue weighted by molar-refractivity contribution is -0.137. The number of aromatic nitrogens is 2. The van der Waals surface area contributed by atoms with E-state index in [0.29, 0.717) is 32.8 Å². The topological polar surface area (TPSA) is 73.7 Å². The van der Waals surface area contributed by atoms with Crippen molar-refractivity contribution in [2.45, 2.75) is 43.9 Å². The summed E-state index contributed by atoms with van der Waals surface area (Å²) >= 11 is 0. The molecule has 7 nitrogen and oxygen atoms in total. The van der Waals surface area contributed by atoms with Crippen LogP contribution in [0.2, 0.25) is 0 Å². The molecule has 130 valence electrons. The van der Waals surface area contributed by atoms with Crippen LogP contribution in [0.15, 0.2) is 23.1 Å². The van der Waals surface area contributed by atoms with Gasteiger partial charge in [0.1, 0.15) is 5.60 Å². The van der Waals surface area contributed by atoms with Gasteiger partial charge in [0.05, 0.1) is 32.4 Å². The highest BCUT2D eigenvalue weighted by Crippen LogP contribution is 2.36. The van der Waals surface area contributed by atoms with Gasteiger partial charge in [-0.1, -0.05) is 0 Å². The zero-order valence-electron chi connectivity index (χ0n) is 13.7. The minimum absolute atomic E-state index is 0.0721. The lowest BCUT2D eigenvalue weighted by Crippen LogP contribution is -2.47. The number of amides is 1. The van der Waals surface area contributed by atoms with Gasteiger partial charge in [0, 0.05) is 24.7 Å². The van der Waals surface area contributed by atoms with Gasteiger partial charge < -0.3 is 14.4 Å². The summed E-state index contributed by atoms with van der Waals surface area (Å²) in [6, 6.07) is 3.14. The standard InChI is InChI=1S/C17H23N3O4/c21-15-2-1-7-18-20(15)10-14-5-6-17(24-14)11-19(8-9-23-12-17)16(22)13-3-4-13/h1-2,7,13-14H,3-6,8-12H2/t14-,17-/m0/s1. The highest BCUT2D eigenvalue weighted by atomic mass is 16.6. The number of carbonyl (C=O) groups is 1. The first-order chi connectivity index (χ1) is 11.7. The Kier molecular flexibility index (Phi) is 4.14. The smallest absolute Gasteiger partial charge is 0.266 e. The molecule has 3 fully saturated rings. The third kappa shape index (κ3) is 3.23. The molecule has 0 aromatic carbocycles. The Bertz CT molecular complexity index is 672. The van der Waals surface area contributed by atoms with Gasteiger partial charge in [-0.3, -0.25) is 9.59 Å². The van der Waals surface area contributed by atoms with Crippen LogP contribution in [0, 0.1) is 5.92 Å². The molecule has 2 aliphatic heterocycles. The zero-order valence-corrected chi connectivity index (χ0v) is 13.7. The number of rotatable bonds is 3. The number of hydrogen-bond donors (Lipinski definition) is 0. The predicted octanol–water partition coefficient (Wildman–Crippen LogP) is 0.430. The molecular weight excluding hydrogens is 310 g/mol. The summed E-state index contributed by atoms with van der Waals surface area (Å²) in [7, 11) is 0. The molecule has 1 aromatic rings. The molecule has 1 aliphatic carbocycles. The average Bonchev–Trinajstić information content (AvgIpc) is 3.37. The van der Waals surface area contributed by atoms with Gasteiger partial charge in [0.15, 0.2) is 0 Å². The van der Waals surface area contributed by atoms with Crippen LogP contribution < -0.4 is 5.56 Å². The van der Waals surface area contributed by atoms with Gasteiger partial charge in [-0.15, -0.1) is 0 Å². The first-order valence-electron chi connectivity index (χ1n) is 8.72. The lowest BCUT2D eigenvalue weighted by Gasteiger charge is -2.32. The van der Waals surface area contributed by atoms with E-state index in [0.717, 1.165) is 25.7 Å². The second-order valence-corrected chi connectivity index (χ2v) is 7.09. The van der Waals surface area contributed by atoms with Gasteiger partial charge in [-0.05, 0) is 31.7 Å². The number of hydrogen-bond acceptors (Lipinski definition) is 5. The molecule has 4 rings (SSSR count). The Morgan fingerprint density at radius 2 is 2.25 bits per heavy atom. The molecule has 1 saturated carbocycles. The second-order valence-electron chi connectivity index (χ2n) is 7.09. The Morgan fingerprint density at radius 3 is 3.04 bits per heavy atom. The summed E-state index contributed by atoms with van der Waals surface area (Å²) < 4.78 is 13.5. The largest absolute Gasteiger partial charge is 0.377 e. The molecule has 2 atom stereocenters. The van der Waals surface area contributed by atoms with Crippen molar-refractivity contribution in [3.05, 3.63) is 28.7 Å². The summed E-state index contributed by atoms with van der Waals surface area (Å²) in [5.74, 6) is 0.456. The van der Waals surface area contributed by atoms with E-state index in [1.54, 1.807) is 12.3 Å². The molecule has 1 aromatic heterocycles. The highest BCUT2D eigenvalue weighted by Gasteiger charge is 2.45. The normalized spacial score (nSPS) is 30.5. The zero-order chi connectivity index (χ0) is 16.6. The Labute approximate surface area is 140 Å². The van der Waals surface area contributed by atoms with Crippen molar-refractivity contribution in [1.82, 2.24) is 14.7 Å². The third-order valence-corrected chi connectivity index (χ3v) is 5.09. The average molecular weight is 333 g/mol. The second kappa shape index (κ2) is 6.29. The Morgan fingerprint density at radius 1 is 1.38 bits per heavy atom. The molecule has 7 heteroatoms. The van der Waals surface area contributed by atoms with Crippen molar-refractivity contribution < 1.29 is 14.3 Å². The van der Waals surface area contributed by atoms with Crippen molar-refractivity contribution in [3.63, 3.8) is 0 Å². The van der Waals surface area contributed by atoms with Gasteiger partial charge in [-0.2, -0.15) is 5.10 Å². The van der Waals surface area contributed by atoms with Crippen molar-refractivity contribution in [2.24, 2.45) is 5.92 Å². The van der Waals surface area contributed by atoms with E-state index in [1.165, 1.54) is 10.7 Å². The summed E-state index contributed by atoms with van der Waals surface area (Å²) in [5, 5.41) is 4.10. The molecular formula is C17H23N3O4. The molecule has 0 radical (unpaired) electrons. The third-order valence-electron chi connectivity index (χ3n) is 5.09. The Hall–Kier alpha value is -1.73. The van der Waals surface area contributed by atoms with Gasteiger partial charge >= 0.3 is 0 Å². The first kappa shape index (κ1) is 15.8. The van der Waals surface area contributed by atoms with E-state index >= 15 is 0 Å². The van der Waals surface area contributed by atoms with Crippen molar-refractivity contribution in [3.8, 4) is 0 Å². The van der Waals surface area contributed by atoms with E-state index < -0.39 is 5.60 Å². The molecule has 3 heterocycles. The SMILES string of the molecule is O=C(C1CC1)N1CCOC[C@]2(CC[C@@H](Cn3ncccc3=O)O2)C1. The predicted molar refractivity (Wildman–Crippen MR) is 85.5 cm³/mol. The van der Waals surface area contributed by atoms with Crippen molar-refractivity contribution in [1.29, 1.82) is 0 Å². The minimum atomic E-state index is -0.440. The lowest BCUT2D eigenvalue weighted by atomic mass is 10.00. The van der Waals surface area contributed by atoms with E-state index in [4.69, 9.17) is 9.47 Å². The van der Waals surface area contributed by atoms with Gasteiger partial charge in [0.25, 0.3) is 5.56 Å². The van der Waals surface area contributed by atoms with E-state index in [-0.39, 0.29) is 23.5 Å². The summed E-state index contributed by atoms with van der Waals surface area (Å²) in [5.41, 5.74) is -0.561. The number of nitrogens with zero attached hydrogens (tertiary/aromatic N) is 3. The van der Waals surface area contributed by atoms with Crippen LogP contribution in [0.3, 0.4) is 0 Å².